The molecule has 0 amide bonds. The molecule has 0 heterocycles. The Morgan fingerprint density at radius 1 is 1.33 bits per heavy atom. The fourth-order valence-electron chi connectivity index (χ4n) is 1.68. The van der Waals surface area contributed by atoms with E-state index in [1.165, 1.54) is 26.0 Å². The molecule has 0 aliphatic carbocycles. The number of aromatic carboxylic acids is 1. The summed E-state index contributed by atoms with van der Waals surface area (Å²) in [7, 11) is -3.90. The van der Waals surface area contributed by atoms with Crippen molar-refractivity contribution < 1.29 is 28.2 Å². The maximum absolute atomic E-state index is 12.1. The molecule has 0 fully saturated rings. The van der Waals surface area contributed by atoms with Gasteiger partial charge in [-0.2, -0.15) is 0 Å². The lowest BCUT2D eigenvalue weighted by Gasteiger charge is -2.27. The molecule has 1 atom stereocenters. The SMILES string of the molecule is CCS(=O)(=O)N(c1ccc(Cl)c(C(=O)O)c1)C(C)C(=O)O. The van der Waals surface area contributed by atoms with Crippen molar-refractivity contribution in [2.24, 2.45) is 0 Å². The molecule has 1 unspecified atom stereocenters. The van der Waals surface area contributed by atoms with E-state index < -0.39 is 28.0 Å². The van der Waals surface area contributed by atoms with Gasteiger partial charge in [-0.25, -0.2) is 18.0 Å². The first-order valence-corrected chi connectivity index (χ1v) is 7.88. The molecule has 1 aromatic rings. The molecule has 9 heteroatoms. The van der Waals surface area contributed by atoms with Crippen molar-refractivity contribution in [3.63, 3.8) is 0 Å². The number of hydrogen-bond donors (Lipinski definition) is 2. The van der Waals surface area contributed by atoms with Crippen LogP contribution in [0.1, 0.15) is 24.2 Å². The molecule has 0 aliphatic heterocycles. The van der Waals surface area contributed by atoms with Crippen LogP contribution in [0.4, 0.5) is 5.69 Å². The maximum Gasteiger partial charge on any atom is 0.337 e. The zero-order valence-electron chi connectivity index (χ0n) is 11.3. The third kappa shape index (κ3) is 3.64. The zero-order valence-corrected chi connectivity index (χ0v) is 12.8. The van der Waals surface area contributed by atoms with Crippen molar-refractivity contribution in [3.8, 4) is 0 Å². The number of halogens is 1. The number of sulfonamides is 1. The van der Waals surface area contributed by atoms with E-state index in [0.29, 0.717) is 4.31 Å². The highest BCUT2D eigenvalue weighted by atomic mass is 35.5. The fourth-order valence-corrected chi connectivity index (χ4v) is 3.16. The standard InChI is InChI=1S/C12H14ClNO6S/c1-3-21(19,20)14(7(2)11(15)16)8-4-5-10(13)9(6-8)12(17)18/h4-7H,3H2,1-2H3,(H,15,16)(H,17,18). The van der Waals surface area contributed by atoms with E-state index >= 15 is 0 Å². The monoisotopic (exact) mass is 335 g/mol. The van der Waals surface area contributed by atoms with Gasteiger partial charge < -0.3 is 10.2 Å². The van der Waals surface area contributed by atoms with Crippen molar-refractivity contribution in [3.05, 3.63) is 28.8 Å². The molecule has 7 nitrogen and oxygen atoms in total. The normalized spacial score (nSPS) is 12.7. The topological polar surface area (TPSA) is 112 Å². The number of aliphatic carboxylic acids is 1. The summed E-state index contributed by atoms with van der Waals surface area (Å²) in [5, 5.41) is 18.0. The van der Waals surface area contributed by atoms with Gasteiger partial charge in [0.2, 0.25) is 10.0 Å². The van der Waals surface area contributed by atoms with Crippen LogP contribution in [0.3, 0.4) is 0 Å². The minimum atomic E-state index is -3.90. The fraction of sp³-hybridized carbons (Fsp3) is 0.333. The van der Waals surface area contributed by atoms with E-state index in [0.717, 1.165) is 6.07 Å². The van der Waals surface area contributed by atoms with Crippen molar-refractivity contribution in [2.75, 3.05) is 10.1 Å². The predicted octanol–water partition coefficient (Wildman–Crippen LogP) is 1.67. The number of anilines is 1. The van der Waals surface area contributed by atoms with E-state index in [-0.39, 0.29) is 22.0 Å². The molecular formula is C12H14ClNO6S. The first-order valence-electron chi connectivity index (χ1n) is 5.89. The van der Waals surface area contributed by atoms with Crippen molar-refractivity contribution >= 4 is 39.3 Å². The minimum absolute atomic E-state index is 0.0615. The lowest BCUT2D eigenvalue weighted by atomic mass is 10.2. The van der Waals surface area contributed by atoms with Crippen LogP contribution in [0, 0.1) is 0 Å². The first kappa shape index (κ1) is 17.3. The number of nitrogens with zero attached hydrogens (tertiary/aromatic N) is 1. The molecule has 2 N–H and O–H groups in total. The van der Waals surface area contributed by atoms with Crippen LogP contribution in [0.25, 0.3) is 0 Å². The molecule has 0 saturated carbocycles. The summed E-state index contributed by atoms with van der Waals surface area (Å²) in [4.78, 5) is 22.2. The summed E-state index contributed by atoms with van der Waals surface area (Å²) in [6.45, 7) is 2.57. The van der Waals surface area contributed by atoms with Gasteiger partial charge in [0.15, 0.2) is 0 Å². The Morgan fingerprint density at radius 2 is 1.90 bits per heavy atom. The number of hydrogen-bond acceptors (Lipinski definition) is 4. The summed E-state index contributed by atoms with van der Waals surface area (Å²) < 4.78 is 24.9. The van der Waals surface area contributed by atoms with Crippen LogP contribution in [0.15, 0.2) is 18.2 Å². The van der Waals surface area contributed by atoms with Gasteiger partial charge in [-0.05, 0) is 32.0 Å². The molecule has 116 valence electrons. The van der Waals surface area contributed by atoms with Crippen LogP contribution in [0.5, 0.6) is 0 Å². The van der Waals surface area contributed by atoms with Gasteiger partial charge in [0.25, 0.3) is 0 Å². The summed E-state index contributed by atoms with van der Waals surface area (Å²) in [5.74, 6) is -3.01. The van der Waals surface area contributed by atoms with Crippen molar-refractivity contribution in [2.45, 2.75) is 19.9 Å². The van der Waals surface area contributed by atoms with Crippen molar-refractivity contribution in [1.29, 1.82) is 0 Å². The Labute approximate surface area is 126 Å². The second kappa shape index (κ2) is 6.31. The van der Waals surface area contributed by atoms with Crippen LogP contribution in [0.2, 0.25) is 5.02 Å². The van der Waals surface area contributed by atoms with Crippen LogP contribution >= 0.6 is 11.6 Å². The van der Waals surface area contributed by atoms with Crippen LogP contribution in [-0.4, -0.2) is 42.4 Å². The summed E-state index contributed by atoms with van der Waals surface area (Å²) in [5.41, 5.74) is -0.364. The lowest BCUT2D eigenvalue weighted by Crippen LogP contribution is -2.44. The number of carboxylic acids is 2. The van der Waals surface area contributed by atoms with Crippen LogP contribution < -0.4 is 4.31 Å². The van der Waals surface area contributed by atoms with E-state index in [2.05, 4.69) is 0 Å². The molecule has 0 saturated heterocycles. The Balaban J connectivity index is 3.51. The third-order valence-electron chi connectivity index (χ3n) is 2.81. The Hall–Kier alpha value is -1.80. The average Bonchev–Trinajstić information content (AvgIpc) is 2.40. The molecule has 0 aliphatic rings. The number of benzene rings is 1. The highest BCUT2D eigenvalue weighted by Crippen LogP contribution is 2.27. The van der Waals surface area contributed by atoms with E-state index in [9.17, 15) is 18.0 Å². The van der Waals surface area contributed by atoms with Gasteiger partial charge in [-0.1, -0.05) is 11.6 Å². The number of carboxylic acid groups (broad SMARTS) is 2. The first-order chi connectivity index (χ1) is 9.61. The van der Waals surface area contributed by atoms with E-state index in [1.54, 1.807) is 0 Å². The second-order valence-electron chi connectivity index (χ2n) is 4.18. The highest BCUT2D eigenvalue weighted by Gasteiger charge is 2.31. The Bertz CT molecular complexity index is 672. The number of carbonyl (C=O) groups is 2. The van der Waals surface area contributed by atoms with Gasteiger partial charge in [0, 0.05) is 0 Å². The molecule has 21 heavy (non-hydrogen) atoms. The molecule has 1 rings (SSSR count). The lowest BCUT2D eigenvalue weighted by molar-refractivity contribution is -0.137. The van der Waals surface area contributed by atoms with E-state index in [1.807, 2.05) is 0 Å². The van der Waals surface area contributed by atoms with Gasteiger partial charge in [0.1, 0.15) is 6.04 Å². The summed E-state index contributed by atoms with van der Waals surface area (Å²) in [6, 6.07) is 2.14. The minimum Gasteiger partial charge on any atom is -0.480 e. The van der Waals surface area contributed by atoms with Gasteiger partial charge in [-0.15, -0.1) is 0 Å². The zero-order chi connectivity index (χ0) is 16.4. The maximum atomic E-state index is 12.1. The molecule has 0 radical (unpaired) electrons. The van der Waals surface area contributed by atoms with Gasteiger partial charge in [-0.3, -0.25) is 4.31 Å². The highest BCUT2D eigenvalue weighted by molar-refractivity contribution is 7.92. The van der Waals surface area contributed by atoms with Crippen LogP contribution in [-0.2, 0) is 14.8 Å². The molecular weight excluding hydrogens is 322 g/mol. The summed E-state index contributed by atoms with van der Waals surface area (Å²) in [6.07, 6.45) is 0. The summed E-state index contributed by atoms with van der Waals surface area (Å²) >= 11 is 5.72. The largest absolute Gasteiger partial charge is 0.480 e. The quantitative estimate of drug-likeness (QED) is 0.817. The number of rotatable bonds is 6. The molecule has 0 spiro atoms. The Morgan fingerprint density at radius 3 is 2.33 bits per heavy atom. The molecule has 1 aromatic carbocycles. The molecule has 0 bridgehead atoms. The average molecular weight is 336 g/mol. The molecule has 0 aromatic heterocycles. The predicted molar refractivity (Wildman–Crippen MR) is 77.4 cm³/mol. The Kier molecular flexibility index (Phi) is 5.19. The van der Waals surface area contributed by atoms with E-state index in [4.69, 9.17) is 21.8 Å². The second-order valence-corrected chi connectivity index (χ2v) is 6.72. The smallest absolute Gasteiger partial charge is 0.337 e. The third-order valence-corrected chi connectivity index (χ3v) is 4.99. The van der Waals surface area contributed by atoms with Crippen molar-refractivity contribution in [1.82, 2.24) is 0 Å². The van der Waals surface area contributed by atoms with Gasteiger partial charge in [0.05, 0.1) is 22.0 Å². The van der Waals surface area contributed by atoms with Gasteiger partial charge >= 0.3 is 11.9 Å².